The van der Waals surface area contributed by atoms with E-state index in [0.717, 1.165) is 29.6 Å². The van der Waals surface area contributed by atoms with Crippen molar-refractivity contribution in [3.05, 3.63) is 27.5 Å². The Morgan fingerprint density at radius 3 is 2.80 bits per heavy atom. The second-order valence-corrected chi connectivity index (χ2v) is 6.49. The number of hydrogen-bond donors (Lipinski definition) is 0. The number of rotatable bonds is 3. The van der Waals surface area contributed by atoms with E-state index in [1.54, 1.807) is 0 Å². The molecule has 0 aliphatic carbocycles. The molecule has 2 heterocycles. The number of amides is 1. The first-order valence-electron chi connectivity index (χ1n) is 7.13. The summed E-state index contributed by atoms with van der Waals surface area (Å²) in [6.07, 6.45) is 1.94. The van der Waals surface area contributed by atoms with Crippen LogP contribution in [0.2, 0.25) is 0 Å². The molecule has 5 heteroatoms. The first-order chi connectivity index (χ1) is 9.43. The van der Waals surface area contributed by atoms with Crippen LogP contribution in [0, 0.1) is 6.92 Å². The monoisotopic (exact) mass is 339 g/mol. The molecular weight excluding hydrogens is 318 g/mol. The summed E-state index contributed by atoms with van der Waals surface area (Å²) >= 11 is 3.55. The highest BCUT2D eigenvalue weighted by Gasteiger charge is 2.24. The molecule has 1 aromatic rings. The van der Waals surface area contributed by atoms with Gasteiger partial charge in [-0.05, 0) is 39.7 Å². The summed E-state index contributed by atoms with van der Waals surface area (Å²) in [5.41, 5.74) is 2.93. The van der Waals surface area contributed by atoms with Crippen molar-refractivity contribution < 1.29 is 4.79 Å². The zero-order valence-electron chi connectivity index (χ0n) is 12.6. The number of aromatic nitrogens is 2. The lowest BCUT2D eigenvalue weighted by molar-refractivity contribution is 0.0760. The van der Waals surface area contributed by atoms with Gasteiger partial charge in [0.1, 0.15) is 0 Å². The molecule has 0 unspecified atom stereocenters. The maximum atomic E-state index is 12.5. The molecule has 0 N–H and O–H groups in total. The van der Waals surface area contributed by atoms with Gasteiger partial charge >= 0.3 is 0 Å². The molecule has 1 amide bonds. The summed E-state index contributed by atoms with van der Waals surface area (Å²) in [6, 6.07) is 2.22. The minimum absolute atomic E-state index is 0.0274. The predicted molar refractivity (Wildman–Crippen MR) is 84.1 cm³/mol. The van der Waals surface area contributed by atoms with E-state index in [4.69, 9.17) is 0 Å². The van der Waals surface area contributed by atoms with Crippen molar-refractivity contribution in [2.45, 2.75) is 46.6 Å². The fraction of sp³-hybridized carbons (Fsp3) is 0.600. The largest absolute Gasteiger partial charge is 0.332 e. The van der Waals surface area contributed by atoms with E-state index < -0.39 is 0 Å². The van der Waals surface area contributed by atoms with Crippen molar-refractivity contribution in [3.8, 4) is 0 Å². The second kappa shape index (κ2) is 6.12. The van der Waals surface area contributed by atoms with Crippen LogP contribution in [0.4, 0.5) is 0 Å². The summed E-state index contributed by atoms with van der Waals surface area (Å²) in [5.74, 6) is 0.0274. The first kappa shape index (κ1) is 15.3. The summed E-state index contributed by atoms with van der Waals surface area (Å²) in [5, 5.41) is 4.49. The lowest BCUT2D eigenvalue weighted by atomic mass is 10.1. The van der Waals surface area contributed by atoms with Gasteiger partial charge in [0.25, 0.3) is 5.91 Å². The molecule has 4 nitrogen and oxygen atoms in total. The zero-order valence-corrected chi connectivity index (χ0v) is 14.2. The van der Waals surface area contributed by atoms with Crippen molar-refractivity contribution in [2.24, 2.45) is 0 Å². The topological polar surface area (TPSA) is 38.1 Å². The van der Waals surface area contributed by atoms with Crippen LogP contribution in [0.25, 0.3) is 0 Å². The van der Waals surface area contributed by atoms with Crippen molar-refractivity contribution >= 4 is 21.8 Å². The number of hydrogen-bond acceptors (Lipinski definition) is 2. The van der Waals surface area contributed by atoms with Crippen molar-refractivity contribution in [1.29, 1.82) is 0 Å². The van der Waals surface area contributed by atoms with Crippen LogP contribution in [0.3, 0.4) is 0 Å². The fourth-order valence-corrected chi connectivity index (χ4v) is 2.87. The van der Waals surface area contributed by atoms with Crippen LogP contribution in [-0.4, -0.2) is 33.7 Å². The number of nitrogens with zero attached hydrogens (tertiary/aromatic N) is 3. The van der Waals surface area contributed by atoms with Crippen LogP contribution in [0.1, 0.15) is 55.8 Å². The fourth-order valence-electron chi connectivity index (χ4n) is 2.37. The summed E-state index contributed by atoms with van der Waals surface area (Å²) in [4.78, 5) is 14.4. The lowest BCUT2D eigenvalue weighted by Gasteiger charge is -2.27. The molecule has 20 heavy (non-hydrogen) atoms. The van der Waals surface area contributed by atoms with Gasteiger partial charge in [0.05, 0.1) is 6.54 Å². The smallest absolute Gasteiger partial charge is 0.274 e. The Kier molecular flexibility index (Phi) is 4.68. The summed E-state index contributed by atoms with van der Waals surface area (Å²) < 4.78 is 3.07. The third-order valence-corrected chi connectivity index (χ3v) is 4.91. The molecule has 1 aliphatic rings. The van der Waals surface area contributed by atoms with Crippen LogP contribution in [0.5, 0.6) is 0 Å². The van der Waals surface area contributed by atoms with Crippen LogP contribution in [-0.2, 0) is 0 Å². The molecular formula is C15H22BrN3O. The molecule has 2 rings (SSSR count). The maximum absolute atomic E-state index is 12.5. The molecule has 0 fully saturated rings. The van der Waals surface area contributed by atoms with Gasteiger partial charge in [-0.15, -0.1) is 0 Å². The molecule has 1 atom stereocenters. The van der Waals surface area contributed by atoms with E-state index >= 15 is 0 Å². The third kappa shape index (κ3) is 2.97. The Morgan fingerprint density at radius 1 is 1.50 bits per heavy atom. The molecule has 0 saturated heterocycles. The van der Waals surface area contributed by atoms with Crippen molar-refractivity contribution in [1.82, 2.24) is 14.7 Å². The zero-order chi connectivity index (χ0) is 14.9. The Hall–Kier alpha value is -1.10. The Balaban J connectivity index is 2.18. The molecule has 0 radical (unpaired) electrons. The second-order valence-electron chi connectivity index (χ2n) is 5.53. The molecule has 0 saturated carbocycles. The first-order valence-corrected chi connectivity index (χ1v) is 7.92. The quantitative estimate of drug-likeness (QED) is 0.842. The normalized spacial score (nSPS) is 17.6. The summed E-state index contributed by atoms with van der Waals surface area (Å²) in [7, 11) is 0. The predicted octanol–water partition coefficient (Wildman–Crippen LogP) is 3.68. The van der Waals surface area contributed by atoms with Gasteiger partial charge in [-0.25, -0.2) is 0 Å². The number of carbonyl (C=O) groups excluding carboxylic acids is 1. The van der Waals surface area contributed by atoms with E-state index in [9.17, 15) is 4.79 Å². The maximum Gasteiger partial charge on any atom is 0.274 e. The SMILES string of the molecule is CC[C@@H](C)n1nc(C(=O)N2CCC(C)=C(Br)C2)cc1C. The van der Waals surface area contributed by atoms with Crippen LogP contribution >= 0.6 is 15.9 Å². The van der Waals surface area contributed by atoms with Gasteiger partial charge in [0.2, 0.25) is 0 Å². The number of halogens is 1. The van der Waals surface area contributed by atoms with Crippen LogP contribution in [0.15, 0.2) is 16.1 Å². The average Bonchev–Trinajstić information content (AvgIpc) is 2.82. The molecule has 0 aromatic carbocycles. The minimum atomic E-state index is 0.0274. The highest BCUT2D eigenvalue weighted by atomic mass is 79.9. The van der Waals surface area contributed by atoms with Gasteiger partial charge in [0.15, 0.2) is 5.69 Å². The van der Waals surface area contributed by atoms with Crippen molar-refractivity contribution in [3.63, 3.8) is 0 Å². The number of aryl methyl sites for hydroxylation is 1. The summed E-state index contributed by atoms with van der Waals surface area (Å²) in [6.45, 7) is 9.79. The van der Waals surface area contributed by atoms with Gasteiger partial charge in [-0.1, -0.05) is 28.4 Å². The Bertz CT molecular complexity index is 547. The Labute approximate surface area is 129 Å². The van der Waals surface area contributed by atoms with Gasteiger partial charge in [-0.2, -0.15) is 5.10 Å². The van der Waals surface area contributed by atoms with E-state index in [1.165, 1.54) is 5.57 Å². The van der Waals surface area contributed by atoms with Gasteiger partial charge in [-0.3, -0.25) is 9.48 Å². The lowest BCUT2D eigenvalue weighted by Crippen LogP contribution is -2.36. The van der Waals surface area contributed by atoms with E-state index in [2.05, 4.69) is 41.8 Å². The average molecular weight is 340 g/mol. The third-order valence-electron chi connectivity index (χ3n) is 3.99. The van der Waals surface area contributed by atoms with Crippen LogP contribution < -0.4 is 0 Å². The molecule has 110 valence electrons. The Morgan fingerprint density at radius 2 is 2.20 bits per heavy atom. The standard InChI is InChI=1S/C15H22BrN3O/c1-5-11(3)19-12(4)8-14(17-19)15(20)18-7-6-10(2)13(16)9-18/h8,11H,5-7,9H2,1-4H3/t11-/m1/s1. The highest BCUT2D eigenvalue weighted by Crippen LogP contribution is 2.23. The molecule has 1 aromatic heterocycles. The number of carbonyl (C=O) groups is 1. The van der Waals surface area contributed by atoms with E-state index in [0.29, 0.717) is 18.3 Å². The van der Waals surface area contributed by atoms with Gasteiger partial charge < -0.3 is 4.90 Å². The molecule has 0 bridgehead atoms. The molecule has 1 aliphatic heterocycles. The highest BCUT2D eigenvalue weighted by molar-refractivity contribution is 9.11. The molecule has 0 spiro atoms. The minimum Gasteiger partial charge on any atom is -0.332 e. The van der Waals surface area contributed by atoms with E-state index in [1.807, 2.05) is 22.6 Å². The van der Waals surface area contributed by atoms with E-state index in [-0.39, 0.29) is 5.91 Å². The van der Waals surface area contributed by atoms with Gasteiger partial charge in [0, 0.05) is 22.8 Å². The van der Waals surface area contributed by atoms with Crippen molar-refractivity contribution in [2.75, 3.05) is 13.1 Å².